The number of benzene rings is 1. The van der Waals surface area contributed by atoms with Gasteiger partial charge in [0.25, 0.3) is 0 Å². The molecule has 1 aromatic carbocycles. The van der Waals surface area contributed by atoms with Gasteiger partial charge in [0, 0.05) is 43.8 Å². The Morgan fingerprint density at radius 2 is 1.94 bits per heavy atom. The second-order valence-electron chi connectivity index (χ2n) is 8.72. The molecule has 0 atom stereocenters. The number of nitrogens with one attached hydrogen (secondary N) is 1. The Hall–Kier alpha value is -3.07. The van der Waals surface area contributed by atoms with Crippen LogP contribution in [0.4, 0.5) is 5.82 Å². The summed E-state index contributed by atoms with van der Waals surface area (Å²) >= 11 is 1.65. The summed E-state index contributed by atoms with van der Waals surface area (Å²) in [6.45, 7) is 5.23. The van der Waals surface area contributed by atoms with Crippen LogP contribution in [0.15, 0.2) is 41.8 Å². The lowest BCUT2D eigenvalue weighted by atomic mass is 10.1. The quantitative estimate of drug-likeness (QED) is 0.307. The summed E-state index contributed by atoms with van der Waals surface area (Å²) in [7, 11) is 2.01. The van der Waals surface area contributed by atoms with E-state index in [2.05, 4.69) is 38.9 Å². The highest BCUT2D eigenvalue weighted by Crippen LogP contribution is 2.29. The third-order valence-electron chi connectivity index (χ3n) is 6.36. The number of carbonyl (C=O) groups excluding carboxylic acids is 1. The first-order chi connectivity index (χ1) is 16.6. The molecule has 9 heteroatoms. The molecule has 1 aliphatic rings. The van der Waals surface area contributed by atoms with E-state index in [0.29, 0.717) is 19.5 Å². The summed E-state index contributed by atoms with van der Waals surface area (Å²) in [5.41, 5.74) is 3.02. The molecule has 3 aromatic heterocycles. The van der Waals surface area contributed by atoms with Crippen molar-refractivity contribution in [3.63, 3.8) is 0 Å². The number of aryl methyl sites for hydroxylation is 1. The number of hydrogen-bond acceptors (Lipinski definition) is 6. The van der Waals surface area contributed by atoms with Crippen molar-refractivity contribution in [1.82, 2.24) is 29.6 Å². The predicted molar refractivity (Wildman–Crippen MR) is 137 cm³/mol. The molecule has 178 valence electrons. The summed E-state index contributed by atoms with van der Waals surface area (Å²) in [6.07, 6.45) is 7.94. The highest BCUT2D eigenvalue weighted by atomic mass is 32.2. The monoisotopic (exact) mass is 477 g/mol. The number of fused-ring (bicyclic) bond motifs is 2. The van der Waals surface area contributed by atoms with Gasteiger partial charge in [0.1, 0.15) is 5.82 Å². The third kappa shape index (κ3) is 4.61. The molecule has 0 saturated carbocycles. The van der Waals surface area contributed by atoms with Crippen LogP contribution >= 0.6 is 11.8 Å². The minimum atomic E-state index is 0.0127. The first kappa shape index (κ1) is 22.7. The lowest BCUT2D eigenvalue weighted by Gasteiger charge is -2.28. The first-order valence-corrected chi connectivity index (χ1v) is 13.0. The van der Waals surface area contributed by atoms with E-state index in [-0.39, 0.29) is 5.91 Å². The maximum absolute atomic E-state index is 12.7. The Bertz CT molecular complexity index is 1310. The molecule has 0 radical (unpaired) electrons. The van der Waals surface area contributed by atoms with Crippen LogP contribution in [0.2, 0.25) is 0 Å². The molecule has 8 nitrogen and oxygen atoms in total. The Balaban J connectivity index is 1.29. The van der Waals surface area contributed by atoms with Gasteiger partial charge in [-0.05, 0) is 36.6 Å². The fourth-order valence-electron chi connectivity index (χ4n) is 4.73. The van der Waals surface area contributed by atoms with E-state index in [0.717, 1.165) is 57.3 Å². The molecule has 0 spiro atoms. The van der Waals surface area contributed by atoms with Crippen molar-refractivity contribution in [1.29, 1.82) is 0 Å². The van der Waals surface area contributed by atoms with Gasteiger partial charge in [-0.1, -0.05) is 36.9 Å². The first-order valence-electron chi connectivity index (χ1n) is 12.0. The van der Waals surface area contributed by atoms with E-state index in [4.69, 9.17) is 9.97 Å². The molecule has 1 N–H and O–H groups in total. The van der Waals surface area contributed by atoms with E-state index < -0.39 is 0 Å². The highest BCUT2D eigenvalue weighted by molar-refractivity contribution is 7.99. The molecule has 0 unspecified atom stereocenters. The van der Waals surface area contributed by atoms with Crippen LogP contribution in [0.1, 0.15) is 31.7 Å². The lowest BCUT2D eigenvalue weighted by molar-refractivity contribution is -0.120. The fraction of sp³-hybridized carbons (Fsp3) is 0.440. The number of aromatic nitrogens is 5. The summed E-state index contributed by atoms with van der Waals surface area (Å²) < 4.78 is 3.96. The number of nitrogens with zero attached hydrogens (tertiary/aromatic N) is 6. The van der Waals surface area contributed by atoms with Crippen LogP contribution in [0.25, 0.3) is 21.9 Å². The van der Waals surface area contributed by atoms with Gasteiger partial charge in [-0.15, -0.1) is 0 Å². The molecule has 5 rings (SSSR count). The molecule has 4 aromatic rings. The summed E-state index contributed by atoms with van der Waals surface area (Å²) in [4.78, 5) is 24.7. The number of piperidine rings is 1. The molecule has 34 heavy (non-hydrogen) atoms. The van der Waals surface area contributed by atoms with Crippen LogP contribution < -0.4 is 10.2 Å². The minimum Gasteiger partial charge on any atom is -0.356 e. The molecular formula is C25H31N7OS. The zero-order valence-corrected chi connectivity index (χ0v) is 20.6. The van der Waals surface area contributed by atoms with Crippen molar-refractivity contribution in [2.45, 2.75) is 44.3 Å². The number of carbonyl (C=O) groups is 1. The van der Waals surface area contributed by atoms with Crippen molar-refractivity contribution in [2.75, 3.05) is 30.3 Å². The third-order valence-corrected chi connectivity index (χ3v) is 7.09. The molecule has 1 fully saturated rings. The average Bonchev–Trinajstić information content (AvgIpc) is 3.40. The molecule has 1 saturated heterocycles. The van der Waals surface area contributed by atoms with E-state index in [1.807, 2.05) is 36.3 Å². The molecule has 0 bridgehead atoms. The van der Waals surface area contributed by atoms with Crippen LogP contribution in [0.5, 0.6) is 0 Å². The molecule has 4 heterocycles. The minimum absolute atomic E-state index is 0.0127. The average molecular weight is 478 g/mol. The number of rotatable bonds is 8. The van der Waals surface area contributed by atoms with Crippen LogP contribution in [-0.4, -0.2) is 55.6 Å². The second kappa shape index (κ2) is 10.0. The smallest absolute Gasteiger partial charge is 0.224 e. The summed E-state index contributed by atoms with van der Waals surface area (Å²) in [5, 5.41) is 10.6. The number of thioether (sulfide) groups is 1. The van der Waals surface area contributed by atoms with Crippen molar-refractivity contribution in [3.05, 3.63) is 42.2 Å². The van der Waals surface area contributed by atoms with Crippen molar-refractivity contribution in [3.8, 4) is 0 Å². The molecule has 0 aliphatic carbocycles. The van der Waals surface area contributed by atoms with Crippen LogP contribution in [0, 0.1) is 0 Å². The SMILES string of the molecule is CCSc1nc(N2CCCCC2)c2cnn(CCNC(=O)Cc3cn(C)c4ccccc34)c2n1. The fourth-order valence-corrected chi connectivity index (χ4v) is 5.29. The standard InChI is InChI=1S/C25H31N7OS/c1-3-34-25-28-23(31-12-7-4-8-13-31)20-16-27-32(24(20)29-25)14-11-26-22(33)15-18-17-30(2)21-10-6-5-9-19(18)21/h5-6,9-10,16-17H,3-4,7-8,11-15H2,1-2H3,(H,26,33). The maximum atomic E-state index is 12.7. The largest absolute Gasteiger partial charge is 0.356 e. The van der Waals surface area contributed by atoms with Gasteiger partial charge in [-0.3, -0.25) is 4.79 Å². The van der Waals surface area contributed by atoms with Gasteiger partial charge in [0.2, 0.25) is 5.91 Å². The van der Waals surface area contributed by atoms with E-state index in [1.165, 1.54) is 19.3 Å². The second-order valence-corrected chi connectivity index (χ2v) is 9.96. The van der Waals surface area contributed by atoms with Crippen molar-refractivity contribution in [2.24, 2.45) is 7.05 Å². The van der Waals surface area contributed by atoms with Crippen LogP contribution in [-0.2, 0) is 24.8 Å². The maximum Gasteiger partial charge on any atom is 0.224 e. The van der Waals surface area contributed by atoms with Crippen molar-refractivity contribution < 1.29 is 4.79 Å². The molecule has 1 aliphatic heterocycles. The summed E-state index contributed by atoms with van der Waals surface area (Å²) in [5.74, 6) is 1.93. The zero-order valence-electron chi connectivity index (χ0n) is 19.8. The number of amides is 1. The Morgan fingerprint density at radius 3 is 2.76 bits per heavy atom. The number of para-hydroxylation sites is 1. The zero-order chi connectivity index (χ0) is 23.5. The van der Waals surface area contributed by atoms with Gasteiger partial charge in [0.05, 0.1) is 24.5 Å². The topological polar surface area (TPSA) is 80.9 Å². The predicted octanol–water partition coefficient (Wildman–Crippen LogP) is 3.78. The Kier molecular flexibility index (Phi) is 6.71. The van der Waals surface area contributed by atoms with Gasteiger partial charge in [-0.2, -0.15) is 5.10 Å². The van der Waals surface area contributed by atoms with Crippen LogP contribution in [0.3, 0.4) is 0 Å². The van der Waals surface area contributed by atoms with Gasteiger partial charge < -0.3 is 14.8 Å². The van der Waals surface area contributed by atoms with Crippen molar-refractivity contribution >= 4 is 45.4 Å². The Morgan fingerprint density at radius 1 is 1.12 bits per heavy atom. The van der Waals surface area contributed by atoms with E-state index in [1.54, 1.807) is 11.8 Å². The lowest BCUT2D eigenvalue weighted by Crippen LogP contribution is -2.30. The highest BCUT2D eigenvalue weighted by Gasteiger charge is 2.20. The summed E-state index contributed by atoms with van der Waals surface area (Å²) in [6, 6.07) is 8.17. The molecule has 1 amide bonds. The van der Waals surface area contributed by atoms with E-state index >= 15 is 0 Å². The number of anilines is 1. The van der Waals surface area contributed by atoms with Gasteiger partial charge in [-0.25, -0.2) is 14.6 Å². The molecular weight excluding hydrogens is 446 g/mol. The van der Waals surface area contributed by atoms with Gasteiger partial charge >= 0.3 is 0 Å². The van der Waals surface area contributed by atoms with E-state index in [9.17, 15) is 4.79 Å². The number of hydrogen-bond donors (Lipinski definition) is 1. The van der Waals surface area contributed by atoms with Gasteiger partial charge in [0.15, 0.2) is 10.8 Å². The Labute approximate surface area is 203 Å². The normalized spacial score (nSPS) is 14.2.